The van der Waals surface area contributed by atoms with E-state index in [1.807, 2.05) is 18.2 Å². The summed E-state index contributed by atoms with van der Waals surface area (Å²) in [7, 11) is 0. The fourth-order valence-electron chi connectivity index (χ4n) is 4.08. The second-order valence-corrected chi connectivity index (χ2v) is 9.17. The first-order valence-corrected chi connectivity index (χ1v) is 11.7. The molecule has 0 spiro atoms. The van der Waals surface area contributed by atoms with E-state index in [0.717, 1.165) is 12.4 Å². The van der Waals surface area contributed by atoms with Gasteiger partial charge in [-0.2, -0.15) is 0 Å². The minimum absolute atomic E-state index is 0.000940. The Balaban J connectivity index is 1.24. The maximum atomic E-state index is 12.7. The number of hydrogen-bond acceptors (Lipinski definition) is 8. The summed E-state index contributed by atoms with van der Waals surface area (Å²) in [5, 5.41) is 7.83. The molecule has 0 aliphatic carbocycles. The van der Waals surface area contributed by atoms with E-state index in [1.54, 1.807) is 11.0 Å². The lowest BCUT2D eigenvalue weighted by molar-refractivity contribution is -0.130. The van der Waals surface area contributed by atoms with Crippen molar-refractivity contribution in [2.24, 2.45) is 0 Å². The number of allylic oxidation sites excluding steroid dienone is 2. The Morgan fingerprint density at radius 1 is 1.22 bits per heavy atom. The molecule has 172 valence electrons. The summed E-state index contributed by atoms with van der Waals surface area (Å²) in [6, 6.07) is -0.405. The van der Waals surface area contributed by atoms with E-state index >= 15 is 0 Å². The molecular weight excluding hydrogens is 434 g/mol. The summed E-state index contributed by atoms with van der Waals surface area (Å²) in [5.74, 6) is 0.704. The molecule has 32 heavy (non-hydrogen) atoms. The highest BCUT2D eigenvalue weighted by atomic mass is 32.2. The van der Waals surface area contributed by atoms with Gasteiger partial charge in [-0.15, -0.1) is 11.8 Å². The zero-order valence-corrected chi connectivity index (χ0v) is 18.7. The van der Waals surface area contributed by atoms with Gasteiger partial charge in [0.15, 0.2) is 0 Å². The summed E-state index contributed by atoms with van der Waals surface area (Å²) < 4.78 is 5.34. The first-order chi connectivity index (χ1) is 15.4. The van der Waals surface area contributed by atoms with E-state index in [4.69, 9.17) is 4.74 Å². The van der Waals surface area contributed by atoms with Gasteiger partial charge < -0.3 is 25.2 Å². The molecule has 4 rings (SSSR count). The van der Waals surface area contributed by atoms with Gasteiger partial charge in [0.2, 0.25) is 11.8 Å². The van der Waals surface area contributed by atoms with E-state index < -0.39 is 23.4 Å². The van der Waals surface area contributed by atoms with Crippen molar-refractivity contribution >= 4 is 35.6 Å². The SMILES string of the molecule is CC(=O)N1CCC(OC(=O)NC(=O)C2=CCSC2NC(=O)C2CN3CC=CC=C3N2)CC1. The number of alkyl carbamates (subject to hydrolysis) is 1. The molecule has 0 bridgehead atoms. The van der Waals surface area contributed by atoms with E-state index in [2.05, 4.69) is 20.9 Å². The number of thioether (sulfide) groups is 1. The van der Waals surface area contributed by atoms with Crippen LogP contribution in [-0.4, -0.2) is 83.1 Å². The Kier molecular flexibility index (Phi) is 6.73. The lowest BCUT2D eigenvalue weighted by atomic mass is 10.1. The molecule has 0 radical (unpaired) electrons. The Hall–Kier alpha value is -2.95. The highest BCUT2D eigenvalue weighted by molar-refractivity contribution is 8.00. The van der Waals surface area contributed by atoms with Crippen LogP contribution in [0.1, 0.15) is 19.8 Å². The molecule has 3 N–H and O–H groups in total. The van der Waals surface area contributed by atoms with Crippen molar-refractivity contribution in [2.45, 2.75) is 37.3 Å². The molecule has 0 saturated carbocycles. The highest BCUT2D eigenvalue weighted by Crippen LogP contribution is 2.26. The number of ether oxygens (including phenoxy) is 1. The number of hydrogen-bond donors (Lipinski definition) is 3. The molecule has 2 saturated heterocycles. The average Bonchev–Trinajstić information content (AvgIpc) is 3.41. The largest absolute Gasteiger partial charge is 0.446 e. The topological polar surface area (TPSA) is 120 Å². The van der Waals surface area contributed by atoms with Crippen LogP contribution in [0.4, 0.5) is 4.79 Å². The Labute approximate surface area is 190 Å². The quantitative estimate of drug-likeness (QED) is 0.537. The van der Waals surface area contributed by atoms with Crippen molar-refractivity contribution in [3.63, 3.8) is 0 Å². The summed E-state index contributed by atoms with van der Waals surface area (Å²) in [5.41, 5.74) is 0.336. The molecule has 10 nitrogen and oxygen atoms in total. The van der Waals surface area contributed by atoms with Gasteiger partial charge in [-0.1, -0.05) is 18.2 Å². The van der Waals surface area contributed by atoms with Crippen LogP contribution < -0.4 is 16.0 Å². The molecule has 0 aromatic rings. The summed E-state index contributed by atoms with van der Waals surface area (Å²) in [4.78, 5) is 52.7. The molecule has 0 aromatic carbocycles. The number of likely N-dealkylation sites (tertiary alicyclic amines) is 1. The van der Waals surface area contributed by atoms with Crippen molar-refractivity contribution in [1.29, 1.82) is 0 Å². The van der Waals surface area contributed by atoms with Gasteiger partial charge in [-0.25, -0.2) is 4.79 Å². The molecule has 2 atom stereocenters. The minimum atomic E-state index is -0.812. The predicted molar refractivity (Wildman–Crippen MR) is 118 cm³/mol. The second kappa shape index (κ2) is 9.68. The lowest BCUT2D eigenvalue weighted by Crippen LogP contribution is -2.47. The molecule has 11 heteroatoms. The summed E-state index contributed by atoms with van der Waals surface area (Å²) in [6.07, 6.45) is 7.53. The third kappa shape index (κ3) is 5.09. The van der Waals surface area contributed by atoms with E-state index in [-0.39, 0.29) is 17.9 Å². The monoisotopic (exact) mass is 461 g/mol. The number of fused-ring (bicyclic) bond motifs is 1. The van der Waals surface area contributed by atoms with Gasteiger partial charge in [-0.3, -0.25) is 19.7 Å². The van der Waals surface area contributed by atoms with Crippen molar-refractivity contribution in [3.05, 3.63) is 35.7 Å². The van der Waals surface area contributed by atoms with Crippen molar-refractivity contribution in [2.75, 3.05) is 31.9 Å². The van der Waals surface area contributed by atoms with Crippen LogP contribution in [0.5, 0.6) is 0 Å². The summed E-state index contributed by atoms with van der Waals surface area (Å²) in [6.45, 7) is 3.87. The van der Waals surface area contributed by atoms with E-state index in [9.17, 15) is 19.2 Å². The molecule has 4 aliphatic heterocycles. The first kappa shape index (κ1) is 22.3. The van der Waals surface area contributed by atoms with Crippen LogP contribution in [0.25, 0.3) is 0 Å². The van der Waals surface area contributed by atoms with Crippen molar-refractivity contribution in [3.8, 4) is 0 Å². The van der Waals surface area contributed by atoms with Crippen LogP contribution in [0.2, 0.25) is 0 Å². The second-order valence-electron chi connectivity index (χ2n) is 8.03. The third-order valence-corrected chi connectivity index (χ3v) is 6.92. The van der Waals surface area contributed by atoms with Crippen LogP contribution in [0.3, 0.4) is 0 Å². The van der Waals surface area contributed by atoms with Gasteiger partial charge in [-0.05, 0) is 6.08 Å². The molecular formula is C21H27N5O5S. The van der Waals surface area contributed by atoms with Crippen molar-refractivity contribution in [1.82, 2.24) is 25.8 Å². The number of nitrogens with one attached hydrogen (secondary N) is 3. The van der Waals surface area contributed by atoms with Crippen LogP contribution in [-0.2, 0) is 19.1 Å². The Morgan fingerprint density at radius 2 is 2.00 bits per heavy atom. The molecule has 2 unspecified atom stereocenters. The van der Waals surface area contributed by atoms with Gasteiger partial charge >= 0.3 is 6.09 Å². The maximum Gasteiger partial charge on any atom is 0.414 e. The van der Waals surface area contributed by atoms with Gasteiger partial charge in [0.1, 0.15) is 23.3 Å². The average molecular weight is 462 g/mol. The zero-order valence-electron chi connectivity index (χ0n) is 17.8. The fourth-order valence-corrected chi connectivity index (χ4v) is 5.13. The Morgan fingerprint density at radius 3 is 2.72 bits per heavy atom. The number of imide groups is 1. The van der Waals surface area contributed by atoms with Crippen LogP contribution in [0, 0.1) is 0 Å². The number of nitrogens with zero attached hydrogens (tertiary/aromatic N) is 2. The molecule has 4 heterocycles. The molecule has 4 aliphatic rings. The maximum absolute atomic E-state index is 12.7. The van der Waals surface area contributed by atoms with E-state index in [0.29, 0.717) is 43.8 Å². The molecule has 4 amide bonds. The predicted octanol–water partition coefficient (Wildman–Crippen LogP) is 0.0506. The lowest BCUT2D eigenvalue weighted by Gasteiger charge is -2.30. The number of rotatable bonds is 4. The minimum Gasteiger partial charge on any atom is -0.446 e. The Bertz CT molecular complexity index is 893. The molecule has 0 aromatic heterocycles. The number of amides is 4. The van der Waals surface area contributed by atoms with Gasteiger partial charge in [0.25, 0.3) is 5.91 Å². The summed E-state index contributed by atoms with van der Waals surface area (Å²) >= 11 is 1.41. The molecule has 2 fully saturated rings. The van der Waals surface area contributed by atoms with Crippen molar-refractivity contribution < 1.29 is 23.9 Å². The number of carbonyl (C=O) groups is 4. The van der Waals surface area contributed by atoms with Crippen LogP contribution >= 0.6 is 11.8 Å². The third-order valence-electron chi connectivity index (χ3n) is 5.86. The number of piperidine rings is 1. The fraction of sp³-hybridized carbons (Fsp3) is 0.524. The van der Waals surface area contributed by atoms with Crippen LogP contribution in [0.15, 0.2) is 35.7 Å². The van der Waals surface area contributed by atoms with Gasteiger partial charge in [0, 0.05) is 57.3 Å². The van der Waals surface area contributed by atoms with E-state index in [1.165, 1.54) is 18.7 Å². The normalized spacial score (nSPS) is 24.8. The smallest absolute Gasteiger partial charge is 0.414 e. The van der Waals surface area contributed by atoms with Gasteiger partial charge in [0.05, 0.1) is 0 Å². The zero-order chi connectivity index (χ0) is 22.7. The number of carbonyl (C=O) groups excluding carboxylic acids is 4. The first-order valence-electron chi connectivity index (χ1n) is 10.7. The highest BCUT2D eigenvalue weighted by Gasteiger charge is 2.35. The standard InChI is InChI=1S/C21H27N5O5S/c1-13(27)25-9-5-14(6-10-25)31-21(30)24-18(28)15-7-11-32-20(15)23-19(29)16-12-26-8-3-2-4-17(26)22-16/h2-4,7,14,16,20,22H,5-6,8-12H2,1H3,(H,23,29)(H,24,28,30).